The maximum Gasteiger partial charge on any atom is 0.223 e. The van der Waals surface area contributed by atoms with Crippen LogP contribution in [0.25, 0.3) is 10.2 Å². The molecule has 1 aromatic heterocycles. The lowest BCUT2D eigenvalue weighted by Gasteiger charge is -2.26. The molecule has 0 aliphatic carbocycles. The normalized spacial score (nSPS) is 16.5. The maximum atomic E-state index is 13.0. The van der Waals surface area contributed by atoms with E-state index in [4.69, 9.17) is 4.74 Å². The Morgan fingerprint density at radius 2 is 2.04 bits per heavy atom. The number of hydrogen-bond donors (Lipinski definition) is 1. The number of carbonyl (C=O) groups is 1. The van der Waals surface area contributed by atoms with Crippen LogP contribution in [0.15, 0.2) is 48.5 Å². The van der Waals surface area contributed by atoms with E-state index in [9.17, 15) is 9.90 Å². The van der Waals surface area contributed by atoms with E-state index in [-0.39, 0.29) is 17.8 Å². The number of fused-ring (bicyclic) bond motifs is 1. The first-order valence-corrected chi connectivity index (χ1v) is 10.5. The van der Waals surface area contributed by atoms with E-state index in [1.807, 2.05) is 35.2 Å². The maximum absolute atomic E-state index is 13.0. The molecule has 2 heterocycles. The van der Waals surface area contributed by atoms with Gasteiger partial charge < -0.3 is 14.7 Å². The molecule has 0 spiro atoms. The highest BCUT2D eigenvalue weighted by Crippen LogP contribution is 2.24. The zero-order valence-electron chi connectivity index (χ0n) is 15.7. The predicted octanol–water partition coefficient (Wildman–Crippen LogP) is 4.14. The third kappa shape index (κ3) is 4.51. The van der Waals surface area contributed by atoms with Crippen molar-refractivity contribution in [2.24, 2.45) is 0 Å². The molecule has 4 rings (SSSR count). The third-order valence-corrected chi connectivity index (χ3v) is 6.14. The summed E-state index contributed by atoms with van der Waals surface area (Å²) in [7, 11) is 0. The zero-order valence-corrected chi connectivity index (χ0v) is 16.5. The fraction of sp³-hybridized carbons (Fsp3) is 0.364. The number of nitrogens with zero attached hydrogens (tertiary/aromatic N) is 2. The highest BCUT2D eigenvalue weighted by molar-refractivity contribution is 7.18. The molecule has 0 bridgehead atoms. The summed E-state index contributed by atoms with van der Waals surface area (Å²) >= 11 is 1.64. The molecule has 1 atom stereocenters. The van der Waals surface area contributed by atoms with Gasteiger partial charge in [0.25, 0.3) is 0 Å². The van der Waals surface area contributed by atoms with E-state index in [2.05, 4.69) is 11.1 Å². The van der Waals surface area contributed by atoms with Crippen molar-refractivity contribution in [2.45, 2.75) is 38.3 Å². The number of aromatic nitrogens is 1. The molecule has 146 valence electrons. The number of aromatic hydroxyl groups is 1. The monoisotopic (exact) mass is 396 g/mol. The molecule has 0 radical (unpaired) electrons. The second-order valence-electron chi connectivity index (χ2n) is 7.11. The molecule has 1 fully saturated rings. The summed E-state index contributed by atoms with van der Waals surface area (Å²) in [6, 6.07) is 15.2. The molecule has 28 heavy (non-hydrogen) atoms. The van der Waals surface area contributed by atoms with Gasteiger partial charge in [0.2, 0.25) is 5.91 Å². The highest BCUT2D eigenvalue weighted by Gasteiger charge is 2.23. The first-order valence-electron chi connectivity index (χ1n) is 9.70. The van der Waals surface area contributed by atoms with E-state index in [1.54, 1.807) is 23.5 Å². The molecule has 6 heteroatoms. The topological polar surface area (TPSA) is 62.7 Å². The Morgan fingerprint density at radius 3 is 2.82 bits per heavy atom. The first-order chi connectivity index (χ1) is 13.7. The number of phenolic OH excluding ortho intramolecular Hbond substituents is 1. The Labute approximate surface area is 168 Å². The molecule has 1 aliphatic heterocycles. The molecule has 3 aromatic rings. The van der Waals surface area contributed by atoms with E-state index in [0.717, 1.165) is 40.2 Å². The van der Waals surface area contributed by atoms with Crippen molar-refractivity contribution in [2.75, 3.05) is 13.2 Å². The number of hydrogen-bond acceptors (Lipinski definition) is 5. The first kappa shape index (κ1) is 18.9. The average Bonchev–Trinajstić information content (AvgIpc) is 3.36. The van der Waals surface area contributed by atoms with Crippen LogP contribution in [0.2, 0.25) is 0 Å². The fourth-order valence-electron chi connectivity index (χ4n) is 3.54. The van der Waals surface area contributed by atoms with Gasteiger partial charge >= 0.3 is 0 Å². The van der Waals surface area contributed by atoms with E-state index in [0.29, 0.717) is 25.9 Å². The molecular weight excluding hydrogens is 372 g/mol. The number of carbonyl (C=O) groups excluding carboxylic acids is 1. The minimum Gasteiger partial charge on any atom is -0.508 e. The van der Waals surface area contributed by atoms with Crippen LogP contribution in [0.5, 0.6) is 5.75 Å². The second-order valence-corrected chi connectivity index (χ2v) is 8.23. The van der Waals surface area contributed by atoms with Gasteiger partial charge in [-0.25, -0.2) is 4.98 Å². The van der Waals surface area contributed by atoms with Gasteiger partial charge in [0.15, 0.2) is 0 Å². The summed E-state index contributed by atoms with van der Waals surface area (Å²) in [5.74, 6) is 0.289. The van der Waals surface area contributed by atoms with Crippen molar-refractivity contribution in [1.82, 2.24) is 9.88 Å². The molecule has 1 unspecified atom stereocenters. The standard InChI is InChI=1S/C22H24N2O3S/c25-19-9-3-1-6-16(19)14-24(15-17-7-5-13-27-17)22(26)12-11-21-23-18-8-2-4-10-20(18)28-21/h1-4,6,8-10,17,25H,5,7,11-15H2. The average molecular weight is 397 g/mol. The van der Waals surface area contributed by atoms with Crippen LogP contribution in [-0.4, -0.2) is 40.2 Å². The van der Waals surface area contributed by atoms with E-state index < -0.39 is 0 Å². The lowest BCUT2D eigenvalue weighted by Crippen LogP contribution is -2.37. The van der Waals surface area contributed by atoms with Gasteiger partial charge in [-0.15, -0.1) is 11.3 Å². The van der Waals surface area contributed by atoms with Gasteiger partial charge in [-0.2, -0.15) is 0 Å². The van der Waals surface area contributed by atoms with Gasteiger partial charge in [-0.05, 0) is 31.0 Å². The number of ether oxygens (including phenoxy) is 1. The number of aryl methyl sites for hydroxylation is 1. The number of thiazole rings is 1. The third-order valence-electron chi connectivity index (χ3n) is 5.04. The summed E-state index contributed by atoms with van der Waals surface area (Å²) in [5, 5.41) is 11.1. The summed E-state index contributed by atoms with van der Waals surface area (Å²) in [6.45, 7) is 1.72. The van der Waals surface area contributed by atoms with Crippen LogP contribution in [0.3, 0.4) is 0 Å². The molecule has 1 amide bonds. The largest absolute Gasteiger partial charge is 0.508 e. The summed E-state index contributed by atoms with van der Waals surface area (Å²) in [4.78, 5) is 19.4. The lowest BCUT2D eigenvalue weighted by molar-refractivity contribution is -0.133. The molecule has 1 aliphatic rings. The lowest BCUT2D eigenvalue weighted by atomic mass is 10.1. The summed E-state index contributed by atoms with van der Waals surface area (Å²) < 4.78 is 6.89. The molecule has 1 N–H and O–H groups in total. The second kappa shape index (κ2) is 8.71. The smallest absolute Gasteiger partial charge is 0.223 e. The van der Waals surface area contributed by atoms with E-state index >= 15 is 0 Å². The van der Waals surface area contributed by atoms with Crippen LogP contribution in [0.1, 0.15) is 29.8 Å². The van der Waals surface area contributed by atoms with Crippen LogP contribution in [0, 0.1) is 0 Å². The molecular formula is C22H24N2O3S. The minimum absolute atomic E-state index is 0.0676. The molecule has 5 nitrogen and oxygen atoms in total. The summed E-state index contributed by atoms with van der Waals surface area (Å²) in [6.07, 6.45) is 3.12. The minimum atomic E-state index is 0.0676. The van der Waals surface area contributed by atoms with E-state index in [1.165, 1.54) is 0 Å². The molecule has 0 saturated carbocycles. The SMILES string of the molecule is O=C(CCc1nc2ccccc2s1)N(Cc1ccccc1O)CC1CCCO1. The van der Waals surface area contributed by atoms with Crippen molar-refractivity contribution < 1.29 is 14.6 Å². The van der Waals surface area contributed by atoms with Crippen molar-refractivity contribution in [1.29, 1.82) is 0 Å². The number of benzene rings is 2. The Hall–Kier alpha value is -2.44. The number of para-hydroxylation sites is 2. The van der Waals surface area contributed by atoms with Crippen LogP contribution >= 0.6 is 11.3 Å². The number of phenols is 1. The fourth-order valence-corrected chi connectivity index (χ4v) is 4.50. The van der Waals surface area contributed by atoms with Crippen LogP contribution in [0.4, 0.5) is 0 Å². The molecule has 1 saturated heterocycles. The van der Waals surface area contributed by atoms with Gasteiger partial charge in [0.1, 0.15) is 5.75 Å². The molecule has 2 aromatic carbocycles. The quantitative estimate of drug-likeness (QED) is 0.652. The van der Waals surface area contributed by atoms with Gasteiger partial charge in [0, 0.05) is 38.1 Å². The van der Waals surface area contributed by atoms with Crippen LogP contribution < -0.4 is 0 Å². The number of rotatable bonds is 7. The van der Waals surface area contributed by atoms with Crippen LogP contribution in [-0.2, 0) is 22.5 Å². The predicted molar refractivity (Wildman–Crippen MR) is 110 cm³/mol. The number of amides is 1. The van der Waals surface area contributed by atoms with Crippen molar-refractivity contribution in [3.05, 3.63) is 59.1 Å². The summed E-state index contributed by atoms with van der Waals surface area (Å²) in [5.41, 5.74) is 1.74. The Kier molecular flexibility index (Phi) is 5.88. The van der Waals surface area contributed by atoms with Crippen molar-refractivity contribution in [3.63, 3.8) is 0 Å². The Bertz CT molecular complexity index is 917. The van der Waals surface area contributed by atoms with Crippen molar-refractivity contribution in [3.8, 4) is 5.75 Å². The van der Waals surface area contributed by atoms with Gasteiger partial charge in [-0.3, -0.25) is 4.79 Å². The van der Waals surface area contributed by atoms with Gasteiger partial charge in [0.05, 0.1) is 21.3 Å². The zero-order chi connectivity index (χ0) is 19.3. The Balaban J connectivity index is 1.44. The Morgan fingerprint density at radius 1 is 1.21 bits per heavy atom. The highest BCUT2D eigenvalue weighted by atomic mass is 32.1. The van der Waals surface area contributed by atoms with Gasteiger partial charge in [-0.1, -0.05) is 30.3 Å². The van der Waals surface area contributed by atoms with Crippen molar-refractivity contribution >= 4 is 27.5 Å².